The van der Waals surface area contributed by atoms with Crippen LogP contribution in [-0.2, 0) is 10.0 Å². The molecule has 0 radical (unpaired) electrons. The fourth-order valence-corrected chi connectivity index (χ4v) is 3.53. The van der Waals surface area contributed by atoms with Gasteiger partial charge in [0.15, 0.2) is 0 Å². The second-order valence-corrected chi connectivity index (χ2v) is 6.81. The first-order valence-electron chi connectivity index (χ1n) is 6.44. The Balaban J connectivity index is 1.84. The maximum absolute atomic E-state index is 12.9. The molecule has 0 spiro atoms. The number of alkyl halides is 3. The second kappa shape index (κ2) is 4.82. The smallest absolute Gasteiger partial charge is 0.241 e. The highest BCUT2D eigenvalue weighted by molar-refractivity contribution is 7.89. The van der Waals surface area contributed by atoms with Gasteiger partial charge in [-0.3, -0.25) is 0 Å². The maximum Gasteiger partial charge on any atom is 0.407 e. The minimum Gasteiger partial charge on any atom is -0.241 e. The van der Waals surface area contributed by atoms with Crippen LogP contribution >= 0.6 is 0 Å². The highest BCUT2D eigenvalue weighted by Crippen LogP contribution is 2.49. The zero-order valence-electron chi connectivity index (χ0n) is 11.2. The molecule has 22 heavy (non-hydrogen) atoms. The molecular formula is C13H12F3N3O2S. The lowest BCUT2D eigenvalue weighted by Gasteiger charge is -2.20. The standard InChI is InChI=1S/C13H12F3N3O2S/c14-13(15,16)12(6-7-12)18-22(20,21)11-4-2-10(3-5-11)19-9-1-8-17-19/h1-5,8-9,18H,6-7H2. The summed E-state index contributed by atoms with van der Waals surface area (Å²) in [6.45, 7) is 0. The Hall–Kier alpha value is -1.87. The Kier molecular flexibility index (Phi) is 3.29. The number of nitrogens with one attached hydrogen (secondary N) is 1. The number of aromatic nitrogens is 2. The first-order valence-corrected chi connectivity index (χ1v) is 7.93. The van der Waals surface area contributed by atoms with E-state index in [2.05, 4.69) is 5.10 Å². The lowest BCUT2D eigenvalue weighted by atomic mass is 10.3. The van der Waals surface area contributed by atoms with Gasteiger partial charge in [0.25, 0.3) is 0 Å². The molecule has 2 aromatic rings. The second-order valence-electron chi connectivity index (χ2n) is 5.13. The molecule has 1 aliphatic rings. The van der Waals surface area contributed by atoms with Crippen LogP contribution in [0.3, 0.4) is 0 Å². The van der Waals surface area contributed by atoms with Gasteiger partial charge in [-0.25, -0.2) is 13.1 Å². The van der Waals surface area contributed by atoms with E-state index < -0.39 is 21.7 Å². The minimum atomic E-state index is -4.59. The van der Waals surface area contributed by atoms with Gasteiger partial charge >= 0.3 is 6.18 Å². The third-order valence-electron chi connectivity index (χ3n) is 3.54. The van der Waals surface area contributed by atoms with Crippen LogP contribution in [0.25, 0.3) is 5.69 Å². The van der Waals surface area contributed by atoms with Gasteiger partial charge in [-0.2, -0.15) is 23.0 Å². The van der Waals surface area contributed by atoms with Crippen molar-refractivity contribution in [1.82, 2.24) is 14.5 Å². The van der Waals surface area contributed by atoms with Crippen molar-refractivity contribution in [1.29, 1.82) is 0 Å². The molecule has 0 aliphatic heterocycles. The Bertz CT molecular complexity index is 764. The first-order chi connectivity index (χ1) is 10.2. The van der Waals surface area contributed by atoms with Gasteiger partial charge in [-0.05, 0) is 43.2 Å². The number of halogens is 3. The van der Waals surface area contributed by atoms with Gasteiger partial charge in [-0.15, -0.1) is 0 Å². The van der Waals surface area contributed by atoms with Crippen molar-refractivity contribution < 1.29 is 21.6 Å². The van der Waals surface area contributed by atoms with E-state index in [0.29, 0.717) is 5.69 Å². The Labute approximate surface area is 124 Å². The van der Waals surface area contributed by atoms with E-state index in [9.17, 15) is 21.6 Å². The molecule has 1 aromatic heterocycles. The molecule has 1 saturated carbocycles. The zero-order valence-corrected chi connectivity index (χ0v) is 12.0. The lowest BCUT2D eigenvalue weighted by Crippen LogP contribution is -2.47. The molecule has 9 heteroatoms. The summed E-state index contributed by atoms with van der Waals surface area (Å²) < 4.78 is 66.1. The normalized spacial score (nSPS) is 17.4. The van der Waals surface area contributed by atoms with Crippen LogP contribution in [0.15, 0.2) is 47.6 Å². The van der Waals surface area contributed by atoms with E-state index in [-0.39, 0.29) is 17.7 Å². The first kappa shape index (κ1) is 15.0. The van der Waals surface area contributed by atoms with Gasteiger partial charge in [0, 0.05) is 12.4 Å². The number of nitrogens with zero attached hydrogens (tertiary/aromatic N) is 2. The van der Waals surface area contributed by atoms with Crippen molar-refractivity contribution in [3.8, 4) is 5.69 Å². The van der Waals surface area contributed by atoms with E-state index in [1.54, 1.807) is 23.2 Å². The van der Waals surface area contributed by atoms with Crippen LogP contribution in [0.2, 0.25) is 0 Å². The summed E-state index contributed by atoms with van der Waals surface area (Å²) >= 11 is 0. The van der Waals surface area contributed by atoms with Crippen LogP contribution < -0.4 is 4.72 Å². The number of sulfonamides is 1. The van der Waals surface area contributed by atoms with E-state index >= 15 is 0 Å². The molecule has 1 aliphatic carbocycles. The van der Waals surface area contributed by atoms with Crippen LogP contribution in [-0.4, -0.2) is 29.9 Å². The SMILES string of the molecule is O=S(=O)(NC1(C(F)(F)F)CC1)c1ccc(-n2cccn2)cc1. The topological polar surface area (TPSA) is 64.0 Å². The van der Waals surface area contributed by atoms with Crippen molar-refractivity contribution in [2.45, 2.75) is 29.5 Å². The van der Waals surface area contributed by atoms with Crippen LogP contribution in [0.4, 0.5) is 13.2 Å². The highest BCUT2D eigenvalue weighted by Gasteiger charge is 2.65. The number of hydrogen-bond donors (Lipinski definition) is 1. The van der Waals surface area contributed by atoms with Crippen molar-refractivity contribution in [2.24, 2.45) is 0 Å². The van der Waals surface area contributed by atoms with Crippen LogP contribution in [0, 0.1) is 0 Å². The van der Waals surface area contributed by atoms with Gasteiger partial charge < -0.3 is 0 Å². The van der Waals surface area contributed by atoms with E-state index in [1.807, 2.05) is 0 Å². The average Bonchev–Trinajstić information content (AvgIpc) is 3.03. The largest absolute Gasteiger partial charge is 0.407 e. The number of benzene rings is 1. The molecule has 118 valence electrons. The fraction of sp³-hybridized carbons (Fsp3) is 0.308. The Morgan fingerprint density at radius 2 is 1.82 bits per heavy atom. The molecule has 1 N–H and O–H groups in total. The average molecular weight is 331 g/mol. The molecule has 0 bridgehead atoms. The van der Waals surface area contributed by atoms with Crippen molar-refractivity contribution in [3.05, 3.63) is 42.7 Å². The molecule has 1 heterocycles. The van der Waals surface area contributed by atoms with E-state index in [0.717, 1.165) is 0 Å². The molecule has 3 rings (SSSR count). The van der Waals surface area contributed by atoms with E-state index in [4.69, 9.17) is 0 Å². The van der Waals surface area contributed by atoms with Gasteiger partial charge in [0.05, 0.1) is 10.6 Å². The van der Waals surface area contributed by atoms with Crippen molar-refractivity contribution >= 4 is 10.0 Å². The maximum atomic E-state index is 12.9. The lowest BCUT2D eigenvalue weighted by molar-refractivity contribution is -0.160. The quantitative estimate of drug-likeness (QED) is 0.934. The summed E-state index contributed by atoms with van der Waals surface area (Å²) in [6.07, 6.45) is -1.83. The van der Waals surface area contributed by atoms with Crippen LogP contribution in [0.1, 0.15) is 12.8 Å². The van der Waals surface area contributed by atoms with Crippen molar-refractivity contribution in [2.75, 3.05) is 0 Å². The summed E-state index contributed by atoms with van der Waals surface area (Å²) in [5.41, 5.74) is -1.70. The van der Waals surface area contributed by atoms with Crippen molar-refractivity contribution in [3.63, 3.8) is 0 Å². The summed E-state index contributed by atoms with van der Waals surface area (Å²) in [7, 11) is -4.22. The predicted octanol–water partition coefficient (Wildman–Crippen LogP) is 2.25. The Morgan fingerprint density at radius 3 is 2.27 bits per heavy atom. The summed E-state index contributed by atoms with van der Waals surface area (Å²) in [5.74, 6) is 0. The molecule has 0 saturated heterocycles. The zero-order chi connectivity index (χ0) is 16.0. The Morgan fingerprint density at radius 1 is 1.18 bits per heavy atom. The van der Waals surface area contributed by atoms with E-state index in [1.165, 1.54) is 28.9 Å². The summed E-state index contributed by atoms with van der Waals surface area (Å²) in [6, 6.07) is 7.17. The van der Waals surface area contributed by atoms with Crippen LogP contribution in [0.5, 0.6) is 0 Å². The molecular weight excluding hydrogens is 319 g/mol. The van der Waals surface area contributed by atoms with Gasteiger partial charge in [0.1, 0.15) is 5.54 Å². The summed E-state index contributed by atoms with van der Waals surface area (Å²) in [5, 5.41) is 3.98. The molecule has 0 atom stereocenters. The monoisotopic (exact) mass is 331 g/mol. The van der Waals surface area contributed by atoms with Gasteiger partial charge in [0.2, 0.25) is 10.0 Å². The third-order valence-corrected chi connectivity index (χ3v) is 5.09. The summed E-state index contributed by atoms with van der Waals surface area (Å²) in [4.78, 5) is -0.209. The number of hydrogen-bond acceptors (Lipinski definition) is 3. The molecule has 5 nitrogen and oxygen atoms in total. The molecule has 0 unspecified atom stereocenters. The predicted molar refractivity (Wildman–Crippen MR) is 71.9 cm³/mol. The minimum absolute atomic E-state index is 0.209. The number of rotatable bonds is 4. The fourth-order valence-electron chi connectivity index (χ4n) is 2.08. The van der Waals surface area contributed by atoms with Gasteiger partial charge in [-0.1, -0.05) is 0 Å². The molecule has 1 fully saturated rings. The highest BCUT2D eigenvalue weighted by atomic mass is 32.2. The molecule has 1 aromatic carbocycles. The molecule has 0 amide bonds. The third kappa shape index (κ3) is 2.61.